The van der Waals surface area contributed by atoms with Crippen molar-refractivity contribution >= 4 is 21.6 Å². The van der Waals surface area contributed by atoms with Crippen molar-refractivity contribution in [2.75, 3.05) is 26.7 Å². The molecule has 2 rings (SSSR count). The van der Waals surface area contributed by atoms with Gasteiger partial charge in [0.2, 0.25) is 0 Å². The molecule has 0 spiro atoms. The van der Waals surface area contributed by atoms with Crippen LogP contribution in [0.1, 0.15) is 12.0 Å². The summed E-state index contributed by atoms with van der Waals surface area (Å²) in [6.07, 6.45) is 1.19. The van der Waals surface area contributed by atoms with E-state index in [9.17, 15) is 10.1 Å². The number of nitrogens with zero attached hydrogens (tertiary/aromatic N) is 2. The molecule has 0 saturated carbocycles. The van der Waals surface area contributed by atoms with Crippen LogP contribution in [0, 0.1) is 16.0 Å². The van der Waals surface area contributed by atoms with E-state index in [-0.39, 0.29) is 10.6 Å². The molecule has 0 amide bonds. The minimum absolute atomic E-state index is 0.142. The van der Waals surface area contributed by atoms with Gasteiger partial charge in [-0.15, -0.1) is 0 Å². The predicted molar refractivity (Wildman–Crippen MR) is 78.1 cm³/mol. The number of rotatable bonds is 5. The van der Waals surface area contributed by atoms with Gasteiger partial charge in [0, 0.05) is 19.2 Å². The Labute approximate surface area is 121 Å². The van der Waals surface area contributed by atoms with Crippen LogP contribution in [0.2, 0.25) is 0 Å². The molecule has 1 aromatic carbocycles. The summed E-state index contributed by atoms with van der Waals surface area (Å²) in [5.41, 5.74) is 1.13. The topological polar surface area (TPSA) is 58.4 Å². The second-order valence-electron chi connectivity index (χ2n) is 4.95. The maximum Gasteiger partial charge on any atom is 0.283 e. The number of nitro benzene ring substituents is 1. The van der Waals surface area contributed by atoms with E-state index >= 15 is 0 Å². The molecular weight excluding hydrogens is 310 g/mol. The van der Waals surface area contributed by atoms with Gasteiger partial charge in [0.1, 0.15) is 0 Å². The Kier molecular flexibility index (Phi) is 4.90. The maximum absolute atomic E-state index is 10.9. The van der Waals surface area contributed by atoms with Gasteiger partial charge in [-0.3, -0.25) is 15.0 Å². The molecule has 0 bridgehead atoms. The van der Waals surface area contributed by atoms with E-state index in [1.807, 2.05) is 13.1 Å². The molecule has 1 aliphatic rings. The lowest BCUT2D eigenvalue weighted by molar-refractivity contribution is -0.385. The van der Waals surface area contributed by atoms with Gasteiger partial charge >= 0.3 is 0 Å². The molecule has 1 unspecified atom stereocenters. The highest BCUT2D eigenvalue weighted by atomic mass is 79.9. The number of likely N-dealkylation sites (tertiary alicyclic amines) is 1. The van der Waals surface area contributed by atoms with E-state index in [1.54, 1.807) is 6.07 Å². The van der Waals surface area contributed by atoms with Crippen molar-refractivity contribution in [3.05, 3.63) is 38.3 Å². The average Bonchev–Trinajstić information content (AvgIpc) is 2.79. The summed E-state index contributed by atoms with van der Waals surface area (Å²) in [4.78, 5) is 12.9. The summed E-state index contributed by atoms with van der Waals surface area (Å²) < 4.78 is 0.608. The molecule has 104 valence electrons. The number of hydrogen-bond donors (Lipinski definition) is 1. The van der Waals surface area contributed by atoms with Gasteiger partial charge in [-0.2, -0.15) is 0 Å². The monoisotopic (exact) mass is 327 g/mol. The first-order chi connectivity index (χ1) is 9.11. The smallest absolute Gasteiger partial charge is 0.283 e. The summed E-state index contributed by atoms with van der Waals surface area (Å²) in [5, 5.41) is 14.1. The molecule has 1 aromatic rings. The van der Waals surface area contributed by atoms with Crippen LogP contribution in [-0.2, 0) is 6.54 Å². The summed E-state index contributed by atoms with van der Waals surface area (Å²) in [7, 11) is 1.97. The fourth-order valence-electron chi connectivity index (χ4n) is 2.58. The largest absolute Gasteiger partial charge is 0.319 e. The maximum atomic E-state index is 10.9. The highest BCUT2D eigenvalue weighted by Gasteiger charge is 2.23. The van der Waals surface area contributed by atoms with E-state index < -0.39 is 0 Å². The van der Waals surface area contributed by atoms with Crippen molar-refractivity contribution in [2.24, 2.45) is 5.92 Å². The van der Waals surface area contributed by atoms with Crippen LogP contribution in [0.4, 0.5) is 5.69 Å². The van der Waals surface area contributed by atoms with Crippen LogP contribution in [-0.4, -0.2) is 36.5 Å². The van der Waals surface area contributed by atoms with E-state index in [0.717, 1.165) is 31.7 Å². The Balaban J connectivity index is 2.04. The SMILES string of the molecule is CNCC1CCN(Cc2cccc([N+](=O)[O-])c2Br)C1. The molecule has 1 saturated heterocycles. The zero-order chi connectivity index (χ0) is 13.8. The normalized spacial score (nSPS) is 19.8. The first kappa shape index (κ1) is 14.4. The second-order valence-corrected chi connectivity index (χ2v) is 5.75. The number of hydrogen-bond acceptors (Lipinski definition) is 4. The van der Waals surface area contributed by atoms with Crippen LogP contribution in [0.25, 0.3) is 0 Å². The molecule has 19 heavy (non-hydrogen) atoms. The molecule has 6 heteroatoms. The van der Waals surface area contributed by atoms with Crippen LogP contribution in [0.5, 0.6) is 0 Å². The number of nitrogens with one attached hydrogen (secondary N) is 1. The summed E-state index contributed by atoms with van der Waals surface area (Å²) in [6.45, 7) is 3.91. The Morgan fingerprint density at radius 1 is 1.58 bits per heavy atom. The Bertz CT molecular complexity index is 467. The molecule has 0 aliphatic carbocycles. The van der Waals surface area contributed by atoms with E-state index in [1.165, 1.54) is 12.5 Å². The molecule has 0 aromatic heterocycles. The minimum Gasteiger partial charge on any atom is -0.319 e. The fraction of sp³-hybridized carbons (Fsp3) is 0.538. The van der Waals surface area contributed by atoms with Crippen molar-refractivity contribution in [1.82, 2.24) is 10.2 Å². The van der Waals surface area contributed by atoms with Crippen molar-refractivity contribution in [1.29, 1.82) is 0 Å². The molecule has 1 atom stereocenters. The zero-order valence-corrected chi connectivity index (χ0v) is 12.5. The average molecular weight is 328 g/mol. The third kappa shape index (κ3) is 3.52. The Morgan fingerprint density at radius 2 is 2.37 bits per heavy atom. The molecule has 1 N–H and O–H groups in total. The fourth-order valence-corrected chi connectivity index (χ4v) is 3.12. The Morgan fingerprint density at radius 3 is 3.05 bits per heavy atom. The van der Waals surface area contributed by atoms with E-state index in [2.05, 4.69) is 26.1 Å². The van der Waals surface area contributed by atoms with Crippen molar-refractivity contribution in [3.8, 4) is 0 Å². The summed E-state index contributed by atoms with van der Waals surface area (Å²) in [5.74, 6) is 0.683. The van der Waals surface area contributed by atoms with Gasteiger partial charge in [-0.1, -0.05) is 12.1 Å². The van der Waals surface area contributed by atoms with Crippen LogP contribution >= 0.6 is 15.9 Å². The van der Waals surface area contributed by atoms with E-state index in [4.69, 9.17) is 0 Å². The quantitative estimate of drug-likeness (QED) is 0.666. The molecule has 1 fully saturated rings. The molecular formula is C13H18BrN3O2. The van der Waals surface area contributed by atoms with Crippen LogP contribution < -0.4 is 5.32 Å². The lowest BCUT2D eigenvalue weighted by atomic mass is 10.1. The molecule has 0 radical (unpaired) electrons. The number of halogens is 1. The first-order valence-electron chi connectivity index (χ1n) is 6.40. The van der Waals surface area contributed by atoms with Gasteiger partial charge in [0.05, 0.1) is 9.40 Å². The molecule has 1 heterocycles. The highest BCUT2D eigenvalue weighted by Crippen LogP contribution is 2.30. The lowest BCUT2D eigenvalue weighted by Gasteiger charge is -2.17. The van der Waals surface area contributed by atoms with Gasteiger partial charge < -0.3 is 5.32 Å². The highest BCUT2D eigenvalue weighted by molar-refractivity contribution is 9.10. The van der Waals surface area contributed by atoms with Crippen molar-refractivity contribution in [3.63, 3.8) is 0 Å². The second kappa shape index (κ2) is 6.45. The van der Waals surface area contributed by atoms with E-state index in [0.29, 0.717) is 10.4 Å². The Hall–Kier alpha value is -0.980. The van der Waals surface area contributed by atoms with Gasteiger partial charge in [0.15, 0.2) is 0 Å². The van der Waals surface area contributed by atoms with Gasteiger partial charge in [-0.25, -0.2) is 0 Å². The minimum atomic E-state index is -0.346. The van der Waals surface area contributed by atoms with Crippen LogP contribution in [0.3, 0.4) is 0 Å². The van der Waals surface area contributed by atoms with Gasteiger partial charge in [0.25, 0.3) is 5.69 Å². The van der Waals surface area contributed by atoms with Crippen LogP contribution in [0.15, 0.2) is 22.7 Å². The third-order valence-electron chi connectivity index (χ3n) is 3.51. The third-order valence-corrected chi connectivity index (χ3v) is 4.43. The first-order valence-corrected chi connectivity index (χ1v) is 7.20. The standard InChI is InChI=1S/C13H18BrN3O2/c1-15-7-10-5-6-16(8-10)9-11-3-2-4-12(13(11)14)17(18)19/h2-4,10,15H,5-9H2,1H3. The summed E-state index contributed by atoms with van der Waals surface area (Å²) >= 11 is 3.35. The predicted octanol–water partition coefficient (Wildman–Crippen LogP) is 2.40. The van der Waals surface area contributed by atoms with Crippen molar-refractivity contribution in [2.45, 2.75) is 13.0 Å². The zero-order valence-electron chi connectivity index (χ0n) is 10.9. The molecule has 1 aliphatic heterocycles. The van der Waals surface area contributed by atoms with Gasteiger partial charge in [-0.05, 0) is 54.0 Å². The number of nitro groups is 1. The summed E-state index contributed by atoms with van der Waals surface area (Å²) in [6, 6.07) is 5.23. The lowest BCUT2D eigenvalue weighted by Crippen LogP contribution is -2.24. The molecule has 5 nitrogen and oxygen atoms in total. The number of benzene rings is 1. The van der Waals surface area contributed by atoms with Crippen molar-refractivity contribution < 1.29 is 4.92 Å².